The van der Waals surface area contributed by atoms with E-state index in [4.69, 9.17) is 5.73 Å². The van der Waals surface area contributed by atoms with E-state index in [1.807, 2.05) is 93.6 Å². The summed E-state index contributed by atoms with van der Waals surface area (Å²) < 4.78 is 0. The molecule has 4 aromatic rings. The number of carbonyl (C=O) groups is 4. The van der Waals surface area contributed by atoms with Crippen molar-refractivity contribution in [3.8, 4) is 0 Å². The molecular formula is C36H40N4O5S. The normalized spacial score (nSPS) is 13.3. The van der Waals surface area contributed by atoms with Crippen molar-refractivity contribution in [1.82, 2.24) is 16.0 Å². The van der Waals surface area contributed by atoms with Crippen molar-refractivity contribution in [3.63, 3.8) is 0 Å². The fraction of sp³-hybridized carbons (Fsp3) is 0.278. The van der Waals surface area contributed by atoms with Crippen molar-refractivity contribution >= 4 is 46.2 Å². The van der Waals surface area contributed by atoms with E-state index in [2.05, 4.69) is 16.0 Å². The number of rotatable bonds is 13. The van der Waals surface area contributed by atoms with Crippen LogP contribution < -0.4 is 21.7 Å². The molecule has 0 saturated heterocycles. The zero-order chi connectivity index (χ0) is 33.3. The van der Waals surface area contributed by atoms with Gasteiger partial charge in [0.1, 0.15) is 6.04 Å². The first-order chi connectivity index (χ1) is 21.9. The minimum Gasteiger partial charge on any atom is -0.390 e. The van der Waals surface area contributed by atoms with Gasteiger partial charge in [-0.15, -0.1) is 11.8 Å². The average Bonchev–Trinajstić information content (AvgIpc) is 3.02. The molecule has 0 spiro atoms. The molecule has 4 rings (SSSR count). The highest BCUT2D eigenvalue weighted by Gasteiger charge is 2.29. The Morgan fingerprint density at radius 1 is 0.804 bits per heavy atom. The van der Waals surface area contributed by atoms with Crippen LogP contribution in [-0.4, -0.2) is 58.2 Å². The van der Waals surface area contributed by atoms with E-state index in [-0.39, 0.29) is 18.1 Å². The molecule has 0 unspecified atom stereocenters. The maximum absolute atomic E-state index is 13.6. The molecule has 0 aromatic heterocycles. The Balaban J connectivity index is 1.51. The average molecular weight is 641 g/mol. The van der Waals surface area contributed by atoms with Gasteiger partial charge in [-0.05, 0) is 67.8 Å². The highest BCUT2D eigenvalue weighted by atomic mass is 32.2. The molecule has 0 aliphatic heterocycles. The summed E-state index contributed by atoms with van der Waals surface area (Å²) in [6.45, 7) is 5.70. The summed E-state index contributed by atoms with van der Waals surface area (Å²) in [6.07, 6.45) is -1.20. The fourth-order valence-corrected chi connectivity index (χ4v) is 5.97. The summed E-state index contributed by atoms with van der Waals surface area (Å²) in [5.74, 6) is -2.02. The van der Waals surface area contributed by atoms with Gasteiger partial charge >= 0.3 is 0 Å². The van der Waals surface area contributed by atoms with Gasteiger partial charge in [-0.3, -0.25) is 19.2 Å². The van der Waals surface area contributed by atoms with Crippen LogP contribution in [0.2, 0.25) is 0 Å². The van der Waals surface area contributed by atoms with Gasteiger partial charge in [0.2, 0.25) is 11.8 Å². The molecule has 0 fully saturated rings. The molecule has 240 valence electrons. The van der Waals surface area contributed by atoms with Crippen molar-refractivity contribution in [2.75, 3.05) is 5.75 Å². The van der Waals surface area contributed by atoms with Gasteiger partial charge in [0, 0.05) is 21.8 Å². The lowest BCUT2D eigenvalue weighted by atomic mass is 10.0. The lowest BCUT2D eigenvalue weighted by Crippen LogP contribution is -2.54. The number of benzene rings is 4. The van der Waals surface area contributed by atoms with Crippen molar-refractivity contribution in [2.45, 2.75) is 62.2 Å². The molecule has 46 heavy (non-hydrogen) atoms. The van der Waals surface area contributed by atoms with Crippen LogP contribution in [0.4, 0.5) is 0 Å². The molecule has 3 atom stereocenters. The summed E-state index contributed by atoms with van der Waals surface area (Å²) in [4.78, 5) is 52.4. The molecular weight excluding hydrogens is 600 g/mol. The van der Waals surface area contributed by atoms with Gasteiger partial charge in [-0.1, -0.05) is 72.8 Å². The van der Waals surface area contributed by atoms with Crippen LogP contribution in [0.15, 0.2) is 102 Å². The standard InChI is InChI=1S/C36H40N4O5S/c1-36(2,3)40-34(44)27-15-9-10-16-31(27)46-22-30(41)28(19-23-11-5-4-6-12-23)38-35(45)29(21-32(37)42)39-33(43)26-18-17-24-13-7-8-14-25(24)20-26/h4-18,20,28-30,41H,19,21-22H2,1-3H3,(H2,37,42)(H,38,45)(H,39,43)(H,40,44)/t28-,29-,30-/m0/s1. The highest BCUT2D eigenvalue weighted by molar-refractivity contribution is 7.99. The third kappa shape index (κ3) is 9.92. The van der Waals surface area contributed by atoms with E-state index in [9.17, 15) is 24.3 Å². The molecule has 6 N–H and O–H groups in total. The lowest BCUT2D eigenvalue weighted by molar-refractivity contribution is -0.128. The fourth-order valence-electron chi connectivity index (χ4n) is 4.90. The van der Waals surface area contributed by atoms with Gasteiger partial charge in [-0.25, -0.2) is 0 Å². The zero-order valence-corrected chi connectivity index (χ0v) is 27.0. The summed E-state index contributed by atoms with van der Waals surface area (Å²) >= 11 is 1.30. The first-order valence-corrected chi connectivity index (χ1v) is 16.0. The summed E-state index contributed by atoms with van der Waals surface area (Å²) in [5, 5.41) is 21.7. The van der Waals surface area contributed by atoms with Crippen molar-refractivity contribution in [3.05, 3.63) is 114 Å². The van der Waals surface area contributed by atoms with E-state index in [0.717, 1.165) is 16.3 Å². The molecule has 0 aliphatic rings. The van der Waals surface area contributed by atoms with Crippen molar-refractivity contribution < 1.29 is 24.3 Å². The second-order valence-corrected chi connectivity index (χ2v) is 13.2. The third-order valence-corrected chi connectivity index (χ3v) is 8.33. The Morgan fingerprint density at radius 3 is 2.15 bits per heavy atom. The molecule has 10 heteroatoms. The second kappa shape index (κ2) is 15.6. The molecule has 9 nitrogen and oxygen atoms in total. The van der Waals surface area contributed by atoms with E-state index < -0.39 is 47.9 Å². The number of fused-ring (bicyclic) bond motifs is 1. The Morgan fingerprint density at radius 2 is 1.46 bits per heavy atom. The minimum absolute atomic E-state index is 0.154. The number of thioether (sulfide) groups is 1. The first kappa shape index (κ1) is 34.2. The number of hydrogen-bond acceptors (Lipinski definition) is 6. The van der Waals surface area contributed by atoms with Crippen LogP contribution in [0.1, 0.15) is 53.5 Å². The second-order valence-electron chi connectivity index (χ2n) is 12.1. The van der Waals surface area contributed by atoms with Gasteiger partial charge in [0.05, 0.1) is 24.1 Å². The van der Waals surface area contributed by atoms with E-state index in [0.29, 0.717) is 16.0 Å². The van der Waals surface area contributed by atoms with Gasteiger partial charge in [0.25, 0.3) is 11.8 Å². The molecule has 0 aliphatic carbocycles. The van der Waals surface area contributed by atoms with E-state index in [1.54, 1.807) is 24.3 Å². The number of hydrogen-bond donors (Lipinski definition) is 5. The van der Waals surface area contributed by atoms with Crippen molar-refractivity contribution in [1.29, 1.82) is 0 Å². The van der Waals surface area contributed by atoms with Gasteiger partial charge in [-0.2, -0.15) is 0 Å². The predicted octanol–water partition coefficient (Wildman–Crippen LogP) is 4.22. The molecule has 4 amide bonds. The predicted molar refractivity (Wildman–Crippen MR) is 181 cm³/mol. The van der Waals surface area contributed by atoms with Crippen LogP contribution in [-0.2, 0) is 16.0 Å². The highest BCUT2D eigenvalue weighted by Crippen LogP contribution is 2.25. The Labute approximate surface area is 273 Å². The Kier molecular flexibility index (Phi) is 11.6. The molecule has 0 saturated carbocycles. The van der Waals surface area contributed by atoms with E-state index in [1.165, 1.54) is 11.8 Å². The lowest BCUT2D eigenvalue weighted by Gasteiger charge is -2.27. The molecule has 4 aromatic carbocycles. The van der Waals surface area contributed by atoms with E-state index >= 15 is 0 Å². The number of carbonyl (C=O) groups excluding carboxylic acids is 4. The maximum atomic E-state index is 13.6. The zero-order valence-electron chi connectivity index (χ0n) is 26.2. The number of aliphatic hydroxyl groups excluding tert-OH is 1. The van der Waals surface area contributed by atoms with Crippen LogP contribution in [0.3, 0.4) is 0 Å². The van der Waals surface area contributed by atoms with Crippen LogP contribution >= 0.6 is 11.8 Å². The first-order valence-electron chi connectivity index (χ1n) is 15.0. The number of aliphatic hydroxyl groups is 1. The van der Waals surface area contributed by atoms with Gasteiger partial charge in [0.15, 0.2) is 0 Å². The summed E-state index contributed by atoms with van der Waals surface area (Å²) in [5.41, 5.74) is 6.72. The molecule has 0 radical (unpaired) electrons. The Hall–Kier alpha value is -4.67. The number of primary amides is 1. The minimum atomic E-state index is -1.27. The van der Waals surface area contributed by atoms with Gasteiger partial charge < -0.3 is 26.8 Å². The van der Waals surface area contributed by atoms with Crippen molar-refractivity contribution in [2.24, 2.45) is 5.73 Å². The maximum Gasteiger partial charge on any atom is 0.252 e. The topological polar surface area (TPSA) is 151 Å². The quantitative estimate of drug-likeness (QED) is 0.138. The summed E-state index contributed by atoms with van der Waals surface area (Å²) in [6, 6.07) is 27.2. The molecule has 0 bridgehead atoms. The SMILES string of the molecule is CC(C)(C)NC(=O)c1ccccc1SC[C@H](O)[C@H](Cc1ccccc1)NC(=O)[C@H](CC(N)=O)NC(=O)c1ccc2ccccc2c1. The molecule has 0 heterocycles. The largest absolute Gasteiger partial charge is 0.390 e. The smallest absolute Gasteiger partial charge is 0.252 e. The monoisotopic (exact) mass is 640 g/mol. The third-order valence-electron chi connectivity index (χ3n) is 7.16. The Bertz CT molecular complexity index is 1690. The number of nitrogens with one attached hydrogen (secondary N) is 3. The number of amides is 4. The van der Waals surface area contributed by atoms with Crippen LogP contribution in [0.5, 0.6) is 0 Å². The van der Waals surface area contributed by atoms with Crippen LogP contribution in [0, 0.1) is 0 Å². The summed E-state index contributed by atoms with van der Waals surface area (Å²) in [7, 11) is 0. The van der Waals surface area contributed by atoms with Crippen LogP contribution in [0.25, 0.3) is 10.8 Å². The number of nitrogens with two attached hydrogens (primary N) is 1.